The minimum Gasteiger partial charge on any atom is -0.326 e. The average molecular weight is 422 g/mol. The Morgan fingerprint density at radius 3 is 2.25 bits per heavy atom. The molecule has 28 heavy (non-hydrogen) atoms. The second-order valence-corrected chi connectivity index (χ2v) is 9.04. The summed E-state index contributed by atoms with van der Waals surface area (Å²) in [4.78, 5) is 12.7. The fraction of sp³-hybridized carbons (Fsp3) is 0.350. The predicted octanol–water partition coefficient (Wildman–Crippen LogP) is 3.24. The van der Waals surface area contributed by atoms with Gasteiger partial charge in [0.1, 0.15) is 0 Å². The van der Waals surface area contributed by atoms with Crippen LogP contribution < -0.4 is 15.4 Å². The summed E-state index contributed by atoms with van der Waals surface area (Å²) in [6.45, 7) is 1.95. The van der Waals surface area contributed by atoms with Crippen molar-refractivity contribution in [2.75, 3.05) is 23.1 Å². The first-order valence-corrected chi connectivity index (χ1v) is 10.7. The molecule has 2 aromatic carbocycles. The number of carbonyl (C=O) groups is 1. The van der Waals surface area contributed by atoms with Crippen molar-refractivity contribution in [3.05, 3.63) is 54.6 Å². The van der Waals surface area contributed by atoms with Gasteiger partial charge in [-0.05, 0) is 74.2 Å². The highest BCUT2D eigenvalue weighted by Crippen LogP contribution is 2.58. The maximum Gasteiger partial charge on any atom is 0.261 e. The number of anilines is 2. The van der Waals surface area contributed by atoms with E-state index in [0.29, 0.717) is 11.4 Å². The number of para-hydroxylation sites is 1. The number of halogens is 1. The average Bonchev–Trinajstić information content (AvgIpc) is 3.36. The highest BCUT2D eigenvalue weighted by Gasteiger charge is 2.57. The zero-order valence-electron chi connectivity index (χ0n) is 15.4. The van der Waals surface area contributed by atoms with Crippen LogP contribution in [0.15, 0.2) is 59.5 Å². The Morgan fingerprint density at radius 2 is 1.61 bits per heavy atom. The van der Waals surface area contributed by atoms with E-state index < -0.39 is 10.0 Å². The van der Waals surface area contributed by atoms with E-state index in [-0.39, 0.29) is 34.5 Å². The maximum atomic E-state index is 12.5. The lowest BCUT2D eigenvalue weighted by Gasteiger charge is -2.23. The number of benzene rings is 2. The summed E-state index contributed by atoms with van der Waals surface area (Å²) in [6, 6.07) is 15.0. The monoisotopic (exact) mass is 421 g/mol. The second kappa shape index (κ2) is 8.11. The number of nitrogens with one attached hydrogen (secondary N) is 3. The van der Waals surface area contributed by atoms with Crippen molar-refractivity contribution >= 4 is 39.7 Å². The molecule has 0 aromatic heterocycles. The van der Waals surface area contributed by atoms with Gasteiger partial charge in [0.25, 0.3) is 10.0 Å². The van der Waals surface area contributed by atoms with Gasteiger partial charge in [0.2, 0.25) is 5.91 Å². The Morgan fingerprint density at radius 1 is 0.964 bits per heavy atom. The molecule has 1 aliphatic carbocycles. The molecule has 1 aliphatic heterocycles. The van der Waals surface area contributed by atoms with E-state index >= 15 is 0 Å². The molecule has 6 nitrogen and oxygen atoms in total. The maximum absolute atomic E-state index is 12.5. The predicted molar refractivity (Wildman–Crippen MR) is 112 cm³/mol. The molecule has 4 rings (SSSR count). The Labute approximate surface area is 171 Å². The van der Waals surface area contributed by atoms with Crippen LogP contribution in [0, 0.1) is 11.3 Å². The number of carbonyl (C=O) groups excluding carboxylic acids is 1. The minimum atomic E-state index is -3.65. The first kappa shape index (κ1) is 20.6. The van der Waals surface area contributed by atoms with Crippen LogP contribution in [0.5, 0.6) is 0 Å². The van der Waals surface area contributed by atoms with Gasteiger partial charge in [-0.15, -0.1) is 12.4 Å². The summed E-state index contributed by atoms with van der Waals surface area (Å²) in [7, 11) is -3.65. The molecule has 0 radical (unpaired) electrons. The van der Waals surface area contributed by atoms with Gasteiger partial charge in [-0.25, -0.2) is 8.42 Å². The van der Waals surface area contributed by atoms with Gasteiger partial charge in [-0.1, -0.05) is 18.2 Å². The van der Waals surface area contributed by atoms with E-state index in [4.69, 9.17) is 0 Å². The van der Waals surface area contributed by atoms with E-state index in [2.05, 4.69) is 15.4 Å². The number of sulfonamides is 1. The first-order chi connectivity index (χ1) is 13.0. The van der Waals surface area contributed by atoms with Crippen molar-refractivity contribution in [1.82, 2.24) is 5.32 Å². The van der Waals surface area contributed by atoms with Crippen LogP contribution in [-0.2, 0) is 14.8 Å². The van der Waals surface area contributed by atoms with E-state index in [1.165, 1.54) is 12.1 Å². The molecule has 8 heteroatoms. The summed E-state index contributed by atoms with van der Waals surface area (Å²) in [6.07, 6.45) is 3.05. The summed E-state index contributed by atoms with van der Waals surface area (Å²) in [5, 5.41) is 6.26. The molecular formula is C20H24ClN3O3S. The van der Waals surface area contributed by atoms with Crippen LogP contribution in [0.3, 0.4) is 0 Å². The molecule has 1 heterocycles. The minimum absolute atomic E-state index is 0. The van der Waals surface area contributed by atoms with Gasteiger partial charge >= 0.3 is 0 Å². The molecule has 2 aliphatic rings. The highest BCUT2D eigenvalue weighted by atomic mass is 35.5. The number of amides is 1. The molecule has 1 unspecified atom stereocenters. The van der Waals surface area contributed by atoms with Crippen molar-refractivity contribution in [2.24, 2.45) is 11.3 Å². The molecule has 1 saturated heterocycles. The van der Waals surface area contributed by atoms with Gasteiger partial charge in [0.15, 0.2) is 0 Å². The van der Waals surface area contributed by atoms with Crippen LogP contribution in [0.4, 0.5) is 11.4 Å². The molecule has 1 saturated carbocycles. The first-order valence-electron chi connectivity index (χ1n) is 9.18. The standard InChI is InChI=1S/C20H23N3O3S.ClH/c24-19(18-14-20(18)10-12-21-13-11-20)22-15-6-8-17(9-7-15)27(25,26)23-16-4-2-1-3-5-16;/h1-9,18,21,23H,10-14H2,(H,22,24);1H. The third-order valence-electron chi connectivity index (χ3n) is 5.56. The Balaban J connectivity index is 0.00000225. The third-order valence-corrected chi connectivity index (χ3v) is 6.96. The number of rotatable bonds is 5. The van der Waals surface area contributed by atoms with Crippen LogP contribution in [-0.4, -0.2) is 27.4 Å². The normalized spacial score (nSPS) is 20.1. The zero-order valence-corrected chi connectivity index (χ0v) is 17.0. The van der Waals surface area contributed by atoms with E-state index in [1.807, 2.05) is 6.07 Å². The highest BCUT2D eigenvalue weighted by molar-refractivity contribution is 7.92. The van der Waals surface area contributed by atoms with Crippen molar-refractivity contribution < 1.29 is 13.2 Å². The molecule has 1 atom stereocenters. The third kappa shape index (κ3) is 4.32. The molecule has 3 N–H and O–H groups in total. The van der Waals surface area contributed by atoms with Gasteiger partial charge in [0.05, 0.1) is 4.90 Å². The molecular weight excluding hydrogens is 398 g/mol. The van der Waals surface area contributed by atoms with Crippen molar-refractivity contribution in [1.29, 1.82) is 0 Å². The molecule has 1 spiro atoms. The molecule has 2 fully saturated rings. The molecule has 2 aromatic rings. The van der Waals surface area contributed by atoms with Crippen LogP contribution in [0.1, 0.15) is 19.3 Å². The number of hydrogen-bond acceptors (Lipinski definition) is 4. The lowest BCUT2D eigenvalue weighted by molar-refractivity contribution is -0.118. The van der Waals surface area contributed by atoms with E-state index in [0.717, 1.165) is 32.4 Å². The van der Waals surface area contributed by atoms with Crippen LogP contribution in [0.2, 0.25) is 0 Å². The Kier molecular flexibility index (Phi) is 5.98. The fourth-order valence-electron chi connectivity index (χ4n) is 3.86. The van der Waals surface area contributed by atoms with Gasteiger partial charge in [-0.3, -0.25) is 9.52 Å². The van der Waals surface area contributed by atoms with Gasteiger partial charge in [-0.2, -0.15) is 0 Å². The summed E-state index contributed by atoms with van der Waals surface area (Å²) >= 11 is 0. The lowest BCUT2D eigenvalue weighted by Crippen LogP contribution is -2.31. The number of hydrogen-bond donors (Lipinski definition) is 3. The smallest absolute Gasteiger partial charge is 0.261 e. The fourth-order valence-corrected chi connectivity index (χ4v) is 4.92. The number of piperidine rings is 1. The molecule has 150 valence electrons. The van der Waals surface area contributed by atoms with Crippen molar-refractivity contribution in [3.8, 4) is 0 Å². The zero-order chi connectivity index (χ0) is 18.9. The summed E-state index contributed by atoms with van der Waals surface area (Å²) in [5.41, 5.74) is 1.31. The lowest BCUT2D eigenvalue weighted by atomic mass is 9.92. The summed E-state index contributed by atoms with van der Waals surface area (Å²) < 4.78 is 27.4. The second-order valence-electron chi connectivity index (χ2n) is 7.35. The van der Waals surface area contributed by atoms with Gasteiger partial charge < -0.3 is 10.6 Å². The quantitative estimate of drug-likeness (QED) is 0.691. The molecule has 1 amide bonds. The Hall–Kier alpha value is -2.09. The molecule has 0 bridgehead atoms. The van der Waals surface area contributed by atoms with Crippen LogP contribution >= 0.6 is 12.4 Å². The topological polar surface area (TPSA) is 87.3 Å². The van der Waals surface area contributed by atoms with Crippen molar-refractivity contribution in [2.45, 2.75) is 24.2 Å². The van der Waals surface area contributed by atoms with Crippen LogP contribution in [0.25, 0.3) is 0 Å². The summed E-state index contributed by atoms with van der Waals surface area (Å²) in [5.74, 6) is 0.109. The SMILES string of the molecule is Cl.O=C(Nc1ccc(S(=O)(=O)Nc2ccccc2)cc1)C1CC12CCNCC2. The largest absolute Gasteiger partial charge is 0.326 e. The van der Waals surface area contributed by atoms with E-state index in [1.54, 1.807) is 36.4 Å². The Bertz CT molecular complexity index is 927. The van der Waals surface area contributed by atoms with Gasteiger partial charge in [0, 0.05) is 17.3 Å². The van der Waals surface area contributed by atoms with E-state index in [9.17, 15) is 13.2 Å². The van der Waals surface area contributed by atoms with Crippen molar-refractivity contribution in [3.63, 3.8) is 0 Å².